The van der Waals surface area contributed by atoms with E-state index in [4.69, 9.17) is 0 Å². The average Bonchev–Trinajstić information content (AvgIpc) is 3.29. The van der Waals surface area contributed by atoms with E-state index in [2.05, 4.69) is 25.7 Å². The van der Waals surface area contributed by atoms with Crippen molar-refractivity contribution in [3.63, 3.8) is 0 Å². The van der Waals surface area contributed by atoms with Crippen LogP contribution in [0.15, 0.2) is 6.07 Å². The van der Waals surface area contributed by atoms with Gasteiger partial charge in [-0.25, -0.2) is 9.52 Å². The van der Waals surface area contributed by atoms with Crippen LogP contribution >= 0.6 is 0 Å². The molecule has 1 aromatic rings. The summed E-state index contributed by atoms with van der Waals surface area (Å²) in [5.41, 5.74) is 5.83. The number of nitrogens with zero attached hydrogens (tertiary/aromatic N) is 1. The number of anilines is 1. The summed E-state index contributed by atoms with van der Waals surface area (Å²) in [6.07, 6.45) is 9.34. The third-order valence-corrected chi connectivity index (χ3v) is 7.37. The highest BCUT2D eigenvalue weighted by Crippen LogP contribution is 2.38. The quantitative estimate of drug-likeness (QED) is 0.699. The number of aryl methyl sites for hydroxylation is 2. The highest BCUT2D eigenvalue weighted by Gasteiger charge is 2.26. The Morgan fingerprint density at radius 2 is 1.75 bits per heavy atom. The number of likely N-dealkylation sites (N-methyl/N-ethyl adjacent to an activating group) is 1. The van der Waals surface area contributed by atoms with Crippen LogP contribution in [0, 0.1) is 0 Å². The molecular formula is C20H30N4O3S. The minimum absolute atomic E-state index is 0.175. The maximum absolute atomic E-state index is 12.5. The number of fused-ring (bicyclic) bond motifs is 2. The fraction of sp³-hybridized carbons (Fsp3) is 0.650. The Hall–Kier alpha value is -1.64. The topological polar surface area (TPSA) is 90.5 Å². The first-order valence-electron chi connectivity index (χ1n) is 10.4. The molecule has 0 bridgehead atoms. The molecule has 1 unspecified atom stereocenters. The van der Waals surface area contributed by atoms with Crippen molar-refractivity contribution in [3.05, 3.63) is 28.3 Å². The van der Waals surface area contributed by atoms with Crippen LogP contribution in [0.3, 0.4) is 0 Å². The second kappa shape index (κ2) is 8.00. The number of hydrogen-bond acceptors (Lipinski definition) is 4. The molecule has 8 heteroatoms. The second-order valence-electron chi connectivity index (χ2n) is 8.27. The van der Waals surface area contributed by atoms with Crippen molar-refractivity contribution in [1.82, 2.24) is 14.3 Å². The summed E-state index contributed by atoms with van der Waals surface area (Å²) in [7, 11) is -1.88. The smallest absolute Gasteiger partial charge is 0.307 e. The van der Waals surface area contributed by atoms with Crippen molar-refractivity contribution >= 4 is 21.9 Å². The van der Waals surface area contributed by atoms with E-state index in [-0.39, 0.29) is 6.04 Å². The van der Waals surface area contributed by atoms with E-state index in [0.717, 1.165) is 70.0 Å². The standard InChI is InChI=1S/C20H30N4O3S/c1-24-11-3-2-8-16(24)13-21-28(26,27)23-20(25)22-19-17-9-4-6-14(17)12-15-7-5-10-18(15)19/h12,16,21H,2-11,13H2,1H3,(H2,22,23,25). The Kier molecular flexibility index (Phi) is 5.62. The van der Waals surface area contributed by atoms with Crippen LogP contribution in [0.25, 0.3) is 0 Å². The normalized spacial score (nSPS) is 22.0. The van der Waals surface area contributed by atoms with Gasteiger partial charge in [0.25, 0.3) is 0 Å². The van der Waals surface area contributed by atoms with Gasteiger partial charge in [0.05, 0.1) is 0 Å². The predicted octanol–water partition coefficient (Wildman–Crippen LogP) is 2.10. The number of carbonyl (C=O) groups excluding carboxylic acids is 1. The van der Waals surface area contributed by atoms with Gasteiger partial charge in [0.15, 0.2) is 0 Å². The minimum atomic E-state index is -3.89. The number of piperidine rings is 1. The third kappa shape index (κ3) is 4.18. The maximum atomic E-state index is 12.5. The summed E-state index contributed by atoms with van der Waals surface area (Å²) in [5, 5.41) is 2.87. The monoisotopic (exact) mass is 406 g/mol. The first kappa shape index (κ1) is 19.7. The van der Waals surface area contributed by atoms with E-state index in [9.17, 15) is 13.2 Å². The van der Waals surface area contributed by atoms with E-state index >= 15 is 0 Å². The number of amides is 2. The molecule has 0 radical (unpaired) electrons. The molecule has 0 saturated carbocycles. The molecule has 28 heavy (non-hydrogen) atoms. The van der Waals surface area contributed by atoms with Gasteiger partial charge in [0, 0.05) is 18.3 Å². The zero-order valence-corrected chi connectivity index (χ0v) is 17.3. The van der Waals surface area contributed by atoms with Crippen molar-refractivity contribution < 1.29 is 13.2 Å². The van der Waals surface area contributed by atoms with Crippen LogP contribution in [0.4, 0.5) is 10.5 Å². The van der Waals surface area contributed by atoms with E-state index in [1.807, 2.05) is 7.05 Å². The molecule has 0 aromatic heterocycles. The number of rotatable bonds is 5. The van der Waals surface area contributed by atoms with Gasteiger partial charge in [-0.05, 0) is 87.2 Å². The van der Waals surface area contributed by atoms with Gasteiger partial charge in [-0.2, -0.15) is 13.1 Å². The average molecular weight is 407 g/mol. The van der Waals surface area contributed by atoms with Gasteiger partial charge < -0.3 is 10.2 Å². The van der Waals surface area contributed by atoms with Gasteiger partial charge >= 0.3 is 16.2 Å². The van der Waals surface area contributed by atoms with Gasteiger partial charge in [0.1, 0.15) is 0 Å². The van der Waals surface area contributed by atoms with Crippen molar-refractivity contribution in [2.45, 2.75) is 63.8 Å². The number of urea groups is 1. The molecule has 0 spiro atoms. The molecule has 3 aliphatic rings. The maximum Gasteiger partial charge on any atom is 0.333 e. The van der Waals surface area contributed by atoms with Gasteiger partial charge in [-0.3, -0.25) is 0 Å². The Labute approximate surface area is 167 Å². The molecule has 4 rings (SSSR count). The minimum Gasteiger partial charge on any atom is -0.307 e. The summed E-state index contributed by atoms with van der Waals surface area (Å²) in [5.74, 6) is 0. The summed E-state index contributed by atoms with van der Waals surface area (Å²) < 4.78 is 29.4. The highest BCUT2D eigenvalue weighted by molar-refractivity contribution is 7.88. The number of carbonyl (C=O) groups is 1. The van der Waals surface area contributed by atoms with E-state index in [1.54, 1.807) is 0 Å². The van der Waals surface area contributed by atoms with Crippen molar-refractivity contribution in [2.24, 2.45) is 0 Å². The number of benzene rings is 1. The lowest BCUT2D eigenvalue weighted by molar-refractivity contribution is 0.187. The summed E-state index contributed by atoms with van der Waals surface area (Å²) in [6, 6.07) is 1.78. The zero-order valence-electron chi connectivity index (χ0n) is 16.5. The molecule has 154 valence electrons. The highest BCUT2D eigenvalue weighted by atomic mass is 32.2. The number of nitrogens with one attached hydrogen (secondary N) is 3. The first-order chi connectivity index (χ1) is 13.4. The van der Waals surface area contributed by atoms with Crippen molar-refractivity contribution in [2.75, 3.05) is 25.5 Å². The van der Waals surface area contributed by atoms with Crippen LogP contribution < -0.4 is 14.8 Å². The van der Waals surface area contributed by atoms with Gasteiger partial charge in [-0.1, -0.05) is 12.5 Å². The van der Waals surface area contributed by atoms with Gasteiger partial charge in [-0.15, -0.1) is 0 Å². The molecule has 7 nitrogen and oxygen atoms in total. The summed E-state index contributed by atoms with van der Waals surface area (Å²) in [6.45, 7) is 1.29. The van der Waals surface area contributed by atoms with Crippen LogP contribution in [0.2, 0.25) is 0 Å². The van der Waals surface area contributed by atoms with Crippen LogP contribution in [-0.2, 0) is 35.9 Å². The molecule has 1 fully saturated rings. The number of hydrogen-bond donors (Lipinski definition) is 3. The fourth-order valence-corrected chi connectivity index (χ4v) is 5.65. The first-order valence-corrected chi connectivity index (χ1v) is 11.9. The molecular weight excluding hydrogens is 376 g/mol. The lowest BCUT2D eigenvalue weighted by atomic mass is 9.99. The van der Waals surface area contributed by atoms with E-state index in [0.29, 0.717) is 6.54 Å². The largest absolute Gasteiger partial charge is 0.333 e. The Bertz CT molecular complexity index is 836. The fourth-order valence-electron chi connectivity index (χ4n) is 4.87. The molecule has 3 N–H and O–H groups in total. The lowest BCUT2D eigenvalue weighted by Crippen LogP contribution is -2.49. The summed E-state index contributed by atoms with van der Waals surface area (Å²) in [4.78, 5) is 14.7. The third-order valence-electron chi connectivity index (χ3n) is 6.37. The Morgan fingerprint density at radius 1 is 1.07 bits per heavy atom. The molecule has 1 saturated heterocycles. The summed E-state index contributed by atoms with van der Waals surface area (Å²) >= 11 is 0. The van der Waals surface area contributed by atoms with E-state index in [1.165, 1.54) is 22.3 Å². The molecule has 2 amide bonds. The van der Waals surface area contributed by atoms with Crippen LogP contribution in [0.1, 0.15) is 54.4 Å². The lowest BCUT2D eigenvalue weighted by Gasteiger charge is -2.32. The van der Waals surface area contributed by atoms with Crippen LogP contribution in [0.5, 0.6) is 0 Å². The van der Waals surface area contributed by atoms with Gasteiger partial charge in [0.2, 0.25) is 0 Å². The molecule has 1 atom stereocenters. The van der Waals surface area contributed by atoms with E-state index < -0.39 is 16.2 Å². The second-order valence-corrected chi connectivity index (χ2v) is 9.77. The SMILES string of the molecule is CN1CCCCC1CNS(=O)(=O)NC(=O)Nc1c2c(cc3c1CCC3)CCC2. The molecule has 1 heterocycles. The van der Waals surface area contributed by atoms with Crippen LogP contribution in [-0.4, -0.2) is 45.5 Å². The number of likely N-dealkylation sites (tertiary alicyclic amines) is 1. The zero-order chi connectivity index (χ0) is 19.7. The van der Waals surface area contributed by atoms with Crippen molar-refractivity contribution in [3.8, 4) is 0 Å². The molecule has 1 aliphatic heterocycles. The molecule has 1 aromatic carbocycles. The van der Waals surface area contributed by atoms with Crippen molar-refractivity contribution in [1.29, 1.82) is 0 Å². The Morgan fingerprint density at radius 3 is 2.39 bits per heavy atom. The molecule has 2 aliphatic carbocycles. The predicted molar refractivity (Wildman–Crippen MR) is 110 cm³/mol. The Balaban J connectivity index is 1.41.